The predicted octanol–water partition coefficient (Wildman–Crippen LogP) is 3.35. The van der Waals surface area contributed by atoms with Gasteiger partial charge in [0.2, 0.25) is 11.8 Å². The van der Waals surface area contributed by atoms with E-state index < -0.39 is 11.7 Å². The molecule has 1 amide bonds. The van der Waals surface area contributed by atoms with E-state index in [-0.39, 0.29) is 23.6 Å². The van der Waals surface area contributed by atoms with E-state index >= 15 is 0 Å². The summed E-state index contributed by atoms with van der Waals surface area (Å²) in [6.45, 7) is 0.0512. The molecular weight excluding hydrogens is 335 g/mol. The van der Waals surface area contributed by atoms with Gasteiger partial charge in [-0.05, 0) is 24.3 Å². The van der Waals surface area contributed by atoms with Crippen molar-refractivity contribution < 1.29 is 13.6 Å². The number of nitrogens with one attached hydrogen (secondary N) is 1. The van der Waals surface area contributed by atoms with Crippen LogP contribution >= 0.6 is 0 Å². The molecule has 2 heterocycles. The summed E-state index contributed by atoms with van der Waals surface area (Å²) in [5.74, 6) is -0.277. The maximum absolute atomic E-state index is 13.8. The Morgan fingerprint density at radius 3 is 2.69 bits per heavy atom. The number of benzene rings is 2. The Labute approximate surface area is 147 Å². The third-order valence-electron chi connectivity index (χ3n) is 3.79. The van der Waals surface area contributed by atoms with Crippen LogP contribution in [-0.2, 0) is 6.54 Å². The number of para-hydroxylation sites is 1. The lowest BCUT2D eigenvalue weighted by Crippen LogP contribution is -2.24. The van der Waals surface area contributed by atoms with Crippen LogP contribution in [0.1, 0.15) is 16.4 Å². The molecule has 7 heteroatoms. The summed E-state index contributed by atoms with van der Waals surface area (Å²) in [7, 11) is 0. The third kappa shape index (κ3) is 3.14. The smallest absolute Gasteiger partial charge is 0.270 e. The molecule has 0 atom stereocenters. The number of aromatic nitrogens is 3. The van der Waals surface area contributed by atoms with Gasteiger partial charge in [0.1, 0.15) is 17.0 Å². The van der Waals surface area contributed by atoms with Crippen LogP contribution in [0.4, 0.5) is 4.39 Å². The molecule has 128 valence electrons. The lowest BCUT2D eigenvalue weighted by molar-refractivity contribution is 0.0942. The highest BCUT2D eigenvalue weighted by molar-refractivity contribution is 5.94. The molecule has 0 fully saturated rings. The van der Waals surface area contributed by atoms with Gasteiger partial charge in [0, 0.05) is 10.9 Å². The van der Waals surface area contributed by atoms with Crippen molar-refractivity contribution in [1.29, 1.82) is 0 Å². The molecule has 2 aromatic heterocycles. The molecule has 2 aromatic carbocycles. The Kier molecular flexibility index (Phi) is 4.10. The zero-order chi connectivity index (χ0) is 17.9. The number of carbonyl (C=O) groups is 1. The Hall–Kier alpha value is -3.61. The van der Waals surface area contributed by atoms with Crippen molar-refractivity contribution in [3.63, 3.8) is 0 Å². The Morgan fingerprint density at radius 1 is 1.00 bits per heavy atom. The van der Waals surface area contributed by atoms with Gasteiger partial charge in [-0.15, -0.1) is 10.2 Å². The van der Waals surface area contributed by atoms with E-state index in [9.17, 15) is 9.18 Å². The number of carbonyl (C=O) groups excluding carboxylic acids is 1. The molecule has 0 aliphatic rings. The van der Waals surface area contributed by atoms with E-state index in [0.29, 0.717) is 11.3 Å². The molecule has 0 saturated carbocycles. The molecular formula is C19H13FN4O2. The first-order valence-corrected chi connectivity index (χ1v) is 7.92. The van der Waals surface area contributed by atoms with E-state index in [1.807, 2.05) is 30.3 Å². The summed E-state index contributed by atoms with van der Waals surface area (Å²) in [6.07, 6.45) is 0. The van der Waals surface area contributed by atoms with E-state index in [2.05, 4.69) is 20.5 Å². The van der Waals surface area contributed by atoms with Gasteiger partial charge in [-0.1, -0.05) is 36.4 Å². The Balaban J connectivity index is 1.47. The fourth-order valence-electron chi connectivity index (χ4n) is 2.51. The minimum Gasteiger partial charge on any atom is -0.419 e. The number of hydrogen-bond acceptors (Lipinski definition) is 5. The second-order valence-electron chi connectivity index (χ2n) is 5.56. The molecule has 6 nitrogen and oxygen atoms in total. The van der Waals surface area contributed by atoms with Crippen molar-refractivity contribution in [2.24, 2.45) is 0 Å². The lowest BCUT2D eigenvalue weighted by Gasteiger charge is -2.04. The fraction of sp³-hybridized carbons (Fsp3) is 0.0526. The highest BCUT2D eigenvalue weighted by Crippen LogP contribution is 2.17. The van der Waals surface area contributed by atoms with Crippen LogP contribution in [0, 0.1) is 5.82 Å². The van der Waals surface area contributed by atoms with E-state index in [4.69, 9.17) is 4.42 Å². The first kappa shape index (κ1) is 15.9. The van der Waals surface area contributed by atoms with Crippen LogP contribution < -0.4 is 5.32 Å². The normalized spacial score (nSPS) is 10.8. The average Bonchev–Trinajstić information content (AvgIpc) is 3.16. The van der Waals surface area contributed by atoms with Crippen LogP contribution in [0.25, 0.3) is 22.4 Å². The number of hydrogen-bond donors (Lipinski definition) is 1. The highest BCUT2D eigenvalue weighted by atomic mass is 19.1. The van der Waals surface area contributed by atoms with Gasteiger partial charge >= 0.3 is 0 Å². The number of amides is 1. The summed E-state index contributed by atoms with van der Waals surface area (Å²) in [5, 5.41) is 11.1. The maximum atomic E-state index is 13.8. The molecule has 0 radical (unpaired) electrons. The van der Waals surface area contributed by atoms with E-state index in [1.54, 1.807) is 24.3 Å². The summed E-state index contributed by atoms with van der Waals surface area (Å²) < 4.78 is 19.3. The zero-order valence-corrected chi connectivity index (χ0v) is 13.5. The van der Waals surface area contributed by atoms with Crippen LogP contribution in [0.2, 0.25) is 0 Å². The quantitative estimate of drug-likeness (QED) is 0.612. The number of halogens is 1. The largest absolute Gasteiger partial charge is 0.419 e. The van der Waals surface area contributed by atoms with E-state index in [0.717, 1.165) is 5.56 Å². The van der Waals surface area contributed by atoms with Crippen molar-refractivity contribution in [3.8, 4) is 11.5 Å². The monoisotopic (exact) mass is 348 g/mol. The van der Waals surface area contributed by atoms with Gasteiger partial charge in [0.15, 0.2) is 0 Å². The summed E-state index contributed by atoms with van der Waals surface area (Å²) in [5.41, 5.74) is 1.07. The first-order valence-electron chi connectivity index (χ1n) is 7.92. The number of nitrogens with zero attached hydrogens (tertiary/aromatic N) is 3. The third-order valence-corrected chi connectivity index (χ3v) is 3.79. The number of pyridine rings is 1. The van der Waals surface area contributed by atoms with Gasteiger partial charge < -0.3 is 9.73 Å². The minimum absolute atomic E-state index is 0.0512. The zero-order valence-electron chi connectivity index (χ0n) is 13.5. The predicted molar refractivity (Wildman–Crippen MR) is 92.6 cm³/mol. The van der Waals surface area contributed by atoms with Gasteiger partial charge in [-0.3, -0.25) is 4.79 Å². The van der Waals surface area contributed by atoms with Crippen LogP contribution in [0.3, 0.4) is 0 Å². The molecule has 0 aliphatic heterocycles. The molecule has 4 rings (SSSR count). The minimum atomic E-state index is -0.471. The van der Waals surface area contributed by atoms with Gasteiger partial charge in [0.25, 0.3) is 5.91 Å². The van der Waals surface area contributed by atoms with Crippen molar-refractivity contribution >= 4 is 16.8 Å². The molecule has 0 bridgehead atoms. The highest BCUT2D eigenvalue weighted by Gasteiger charge is 2.13. The van der Waals surface area contributed by atoms with Crippen LogP contribution in [0.15, 0.2) is 65.1 Å². The standard InChI is InChI=1S/C19H13FN4O2/c20-14-8-4-7-12-9-10-15(22-17(12)14)18(25)21-11-16-23-24-19(26-16)13-5-2-1-3-6-13/h1-10H,11H2,(H,21,25). The molecule has 4 aromatic rings. The molecule has 0 aliphatic carbocycles. The molecule has 0 spiro atoms. The van der Waals surface area contributed by atoms with Crippen molar-refractivity contribution in [1.82, 2.24) is 20.5 Å². The Morgan fingerprint density at radius 2 is 1.85 bits per heavy atom. The summed E-state index contributed by atoms with van der Waals surface area (Å²) in [4.78, 5) is 16.3. The van der Waals surface area contributed by atoms with Crippen molar-refractivity contribution in [3.05, 3.63) is 78.1 Å². The summed E-state index contributed by atoms with van der Waals surface area (Å²) in [6, 6.07) is 17.2. The Bertz CT molecular complexity index is 1080. The SMILES string of the molecule is O=C(NCc1nnc(-c2ccccc2)o1)c1ccc2cccc(F)c2n1. The number of fused-ring (bicyclic) bond motifs is 1. The summed E-state index contributed by atoms with van der Waals surface area (Å²) >= 11 is 0. The van der Waals surface area contributed by atoms with Crippen molar-refractivity contribution in [2.75, 3.05) is 0 Å². The second-order valence-corrected chi connectivity index (χ2v) is 5.56. The second kappa shape index (κ2) is 6.72. The van der Waals surface area contributed by atoms with Crippen molar-refractivity contribution in [2.45, 2.75) is 6.54 Å². The van der Waals surface area contributed by atoms with Crippen LogP contribution in [-0.4, -0.2) is 21.1 Å². The maximum Gasteiger partial charge on any atom is 0.270 e. The lowest BCUT2D eigenvalue weighted by atomic mass is 10.2. The first-order chi connectivity index (χ1) is 12.7. The average molecular weight is 348 g/mol. The van der Waals surface area contributed by atoms with Gasteiger partial charge in [-0.25, -0.2) is 9.37 Å². The van der Waals surface area contributed by atoms with E-state index in [1.165, 1.54) is 6.07 Å². The number of rotatable bonds is 4. The molecule has 0 unspecified atom stereocenters. The van der Waals surface area contributed by atoms with Crippen LogP contribution in [0.5, 0.6) is 0 Å². The fourth-order valence-corrected chi connectivity index (χ4v) is 2.51. The molecule has 26 heavy (non-hydrogen) atoms. The van der Waals surface area contributed by atoms with Gasteiger partial charge in [-0.2, -0.15) is 0 Å². The molecule has 1 N–H and O–H groups in total. The molecule has 0 saturated heterocycles. The topological polar surface area (TPSA) is 80.9 Å². The van der Waals surface area contributed by atoms with Gasteiger partial charge in [0.05, 0.1) is 6.54 Å².